The van der Waals surface area contributed by atoms with Crippen LogP contribution in [0, 0.1) is 5.21 Å². The van der Waals surface area contributed by atoms with Crippen LogP contribution in [0.4, 0.5) is 0 Å². The molecule has 0 bridgehead atoms. The number of allylic oxidation sites excluding steroid dienone is 2. The fourth-order valence-corrected chi connectivity index (χ4v) is 0.0680. The fourth-order valence-electron chi connectivity index (χ4n) is 0.0680. The van der Waals surface area contributed by atoms with Crippen LogP contribution in [0.15, 0.2) is 11.8 Å². The Bertz CT molecular complexity index is 58.6. The molecule has 0 aromatic heterocycles. The van der Waals surface area contributed by atoms with Gasteiger partial charge in [-0.3, -0.25) is 0 Å². The van der Waals surface area contributed by atoms with E-state index >= 15 is 0 Å². The monoisotopic (exact) mass is 87.1 g/mol. The molecule has 0 saturated carbocycles. The summed E-state index contributed by atoms with van der Waals surface area (Å²) in [5, 5.41) is 9.67. The van der Waals surface area contributed by atoms with Crippen LogP contribution in [0.2, 0.25) is 0 Å². The number of rotatable bonds is 1. The van der Waals surface area contributed by atoms with Gasteiger partial charge in [-0.25, -0.2) is 0 Å². The molecule has 0 rings (SSSR count). The highest BCUT2D eigenvalue weighted by Crippen LogP contribution is 1.69. The van der Waals surface area contributed by atoms with Gasteiger partial charge in [0.05, 0.1) is 5.70 Å². The Kier molecular flexibility index (Phi) is 2.71. The third-order valence-corrected chi connectivity index (χ3v) is 0.641. The minimum atomic E-state index is 0.787. The summed E-state index contributed by atoms with van der Waals surface area (Å²) in [7, 11) is 0. The lowest BCUT2D eigenvalue weighted by molar-refractivity contribution is -0.535. The first-order chi connectivity index (χ1) is 2.81. The number of hydroxylamine groups is 1. The van der Waals surface area contributed by atoms with Gasteiger partial charge in [0.2, 0.25) is 0 Å². The van der Waals surface area contributed by atoms with Crippen LogP contribution < -0.4 is 5.48 Å². The average Bonchev–Trinajstić information content (AvgIpc) is 1.65. The SMILES string of the molecule is CC=C(C)[NH2+][O-]. The summed E-state index contributed by atoms with van der Waals surface area (Å²) < 4.78 is 0. The molecule has 2 nitrogen and oxygen atoms in total. The van der Waals surface area contributed by atoms with Crippen molar-refractivity contribution in [1.82, 2.24) is 0 Å². The maximum absolute atomic E-state index is 9.67. The van der Waals surface area contributed by atoms with Crippen molar-refractivity contribution in [3.05, 3.63) is 17.0 Å². The van der Waals surface area contributed by atoms with Crippen LogP contribution in [0.3, 0.4) is 0 Å². The lowest BCUT2D eigenvalue weighted by Gasteiger charge is -1.95. The zero-order valence-electron chi connectivity index (χ0n) is 4.06. The summed E-state index contributed by atoms with van der Waals surface area (Å²) in [5.41, 5.74) is 1.62. The molecule has 0 atom stereocenters. The molecule has 0 aromatic rings. The molecule has 0 heterocycles. The molecule has 0 amide bonds. The van der Waals surface area contributed by atoms with Crippen molar-refractivity contribution in [2.45, 2.75) is 13.8 Å². The molecule has 36 valence electrons. The molecule has 0 fully saturated rings. The molecular formula is C4H9NO. The van der Waals surface area contributed by atoms with E-state index in [1.165, 1.54) is 0 Å². The normalized spacial score (nSPS) is 12.2. The molecule has 0 aliphatic carbocycles. The Morgan fingerprint density at radius 2 is 2.33 bits per heavy atom. The van der Waals surface area contributed by atoms with E-state index in [2.05, 4.69) is 0 Å². The molecular weight excluding hydrogens is 78.0 g/mol. The van der Waals surface area contributed by atoms with Crippen molar-refractivity contribution in [3.8, 4) is 0 Å². The minimum Gasteiger partial charge on any atom is -0.631 e. The van der Waals surface area contributed by atoms with Gasteiger partial charge in [0.15, 0.2) is 0 Å². The average molecular weight is 87.1 g/mol. The first-order valence-electron chi connectivity index (χ1n) is 1.89. The first kappa shape index (κ1) is 5.66. The van der Waals surface area contributed by atoms with E-state index in [9.17, 15) is 5.21 Å². The second kappa shape index (κ2) is 2.87. The highest BCUT2D eigenvalue weighted by Gasteiger charge is 1.72. The predicted octanol–water partition coefficient (Wildman–Crippen LogP) is -0.0287. The Hall–Kier alpha value is -0.340. The predicted molar refractivity (Wildman–Crippen MR) is 24.7 cm³/mol. The van der Waals surface area contributed by atoms with Crippen molar-refractivity contribution in [1.29, 1.82) is 0 Å². The Morgan fingerprint density at radius 1 is 1.83 bits per heavy atom. The summed E-state index contributed by atoms with van der Waals surface area (Å²) in [5.74, 6) is 0. The van der Waals surface area contributed by atoms with Crippen LogP contribution in [-0.4, -0.2) is 0 Å². The van der Waals surface area contributed by atoms with Gasteiger partial charge in [-0.05, 0) is 13.0 Å². The molecule has 0 unspecified atom stereocenters. The smallest absolute Gasteiger partial charge is 0.0980 e. The summed E-state index contributed by atoms with van der Waals surface area (Å²) in [6.07, 6.45) is 1.77. The van der Waals surface area contributed by atoms with Crippen LogP contribution in [0.1, 0.15) is 13.8 Å². The topological polar surface area (TPSA) is 39.7 Å². The molecule has 0 aromatic carbocycles. The maximum Gasteiger partial charge on any atom is 0.0980 e. The Balaban J connectivity index is 3.22. The summed E-state index contributed by atoms with van der Waals surface area (Å²) >= 11 is 0. The lowest BCUT2D eigenvalue weighted by Crippen LogP contribution is -2.74. The van der Waals surface area contributed by atoms with Crippen molar-refractivity contribution in [3.63, 3.8) is 0 Å². The Morgan fingerprint density at radius 3 is 2.33 bits per heavy atom. The standard InChI is InChI=1S/C4H9NO/c1-3-4(2)5-6/h3H,5H2,1-2H3. The molecule has 0 spiro atoms. The first-order valence-corrected chi connectivity index (χ1v) is 1.89. The Labute approximate surface area is 37.4 Å². The summed E-state index contributed by atoms with van der Waals surface area (Å²) in [6.45, 7) is 3.61. The van der Waals surface area contributed by atoms with E-state index in [1.807, 2.05) is 6.92 Å². The lowest BCUT2D eigenvalue weighted by atomic mass is 10.5. The van der Waals surface area contributed by atoms with Gasteiger partial charge < -0.3 is 10.7 Å². The van der Waals surface area contributed by atoms with Gasteiger partial charge in [-0.15, -0.1) is 0 Å². The van der Waals surface area contributed by atoms with Gasteiger partial charge in [-0.1, -0.05) is 0 Å². The van der Waals surface area contributed by atoms with Gasteiger partial charge in [0.1, 0.15) is 0 Å². The summed E-state index contributed by atoms with van der Waals surface area (Å²) in [4.78, 5) is 0. The van der Waals surface area contributed by atoms with Crippen molar-refractivity contribution in [2.75, 3.05) is 0 Å². The highest BCUT2D eigenvalue weighted by atomic mass is 16.5. The van der Waals surface area contributed by atoms with E-state index in [-0.39, 0.29) is 0 Å². The molecule has 2 N–H and O–H groups in total. The fraction of sp³-hybridized carbons (Fsp3) is 0.500. The van der Waals surface area contributed by atoms with E-state index in [1.54, 1.807) is 13.0 Å². The molecule has 0 aliphatic heterocycles. The van der Waals surface area contributed by atoms with Crippen LogP contribution in [0.25, 0.3) is 0 Å². The van der Waals surface area contributed by atoms with Gasteiger partial charge >= 0.3 is 0 Å². The van der Waals surface area contributed by atoms with Crippen LogP contribution in [-0.2, 0) is 0 Å². The number of nitrogens with two attached hydrogens (primary N) is 1. The van der Waals surface area contributed by atoms with E-state index in [0.717, 1.165) is 11.2 Å². The molecule has 0 radical (unpaired) electrons. The number of hydrogen-bond donors (Lipinski definition) is 1. The third-order valence-electron chi connectivity index (χ3n) is 0.641. The van der Waals surface area contributed by atoms with Crippen LogP contribution in [0.5, 0.6) is 0 Å². The zero-order valence-corrected chi connectivity index (χ0v) is 4.06. The summed E-state index contributed by atoms with van der Waals surface area (Å²) in [6, 6.07) is 0. The molecule has 2 heteroatoms. The number of hydrogen-bond acceptors (Lipinski definition) is 1. The van der Waals surface area contributed by atoms with Crippen molar-refractivity contribution < 1.29 is 5.48 Å². The van der Waals surface area contributed by atoms with Gasteiger partial charge in [-0.2, -0.15) is 0 Å². The molecule has 6 heavy (non-hydrogen) atoms. The second-order valence-electron chi connectivity index (χ2n) is 1.15. The quantitative estimate of drug-likeness (QED) is 0.448. The van der Waals surface area contributed by atoms with E-state index < -0.39 is 0 Å². The van der Waals surface area contributed by atoms with Crippen molar-refractivity contribution >= 4 is 0 Å². The minimum absolute atomic E-state index is 0.787. The molecule has 0 saturated heterocycles. The second-order valence-corrected chi connectivity index (χ2v) is 1.15. The van der Waals surface area contributed by atoms with E-state index in [4.69, 9.17) is 0 Å². The largest absolute Gasteiger partial charge is 0.631 e. The third kappa shape index (κ3) is 1.93. The van der Waals surface area contributed by atoms with Crippen molar-refractivity contribution in [2.24, 2.45) is 0 Å². The number of quaternary nitrogens is 1. The van der Waals surface area contributed by atoms with Crippen LogP contribution >= 0.6 is 0 Å². The van der Waals surface area contributed by atoms with Gasteiger partial charge in [0, 0.05) is 6.92 Å². The van der Waals surface area contributed by atoms with E-state index in [0.29, 0.717) is 0 Å². The van der Waals surface area contributed by atoms with Gasteiger partial charge in [0.25, 0.3) is 0 Å². The zero-order chi connectivity index (χ0) is 4.99. The maximum atomic E-state index is 9.67. The molecule has 0 aliphatic rings. The highest BCUT2D eigenvalue weighted by molar-refractivity contribution is 4.79.